The molecule has 0 saturated carbocycles. The Balaban J connectivity index is 0.00000608. The molecule has 64 heavy (non-hydrogen) atoms. The summed E-state index contributed by atoms with van der Waals surface area (Å²) < 4.78 is 63.5. The first-order valence-corrected chi connectivity index (χ1v) is 21.4. The summed E-state index contributed by atoms with van der Waals surface area (Å²) in [5.74, 6) is 1.39. The summed E-state index contributed by atoms with van der Waals surface area (Å²) in [6, 6.07) is 29.4. The number of pyridine rings is 1. The maximum Gasteiger partial charge on any atom is 0.338 e. The SMILES string of the molecule is [2H]C1=C2C=CC=C3Oc4ccc(-c5cc(-c6ccccc6)ccn5)[c-]c4B(c4nc(-c5cc(C(C)(C)C)cc(C(C)(C)C)c5O)n(-c5ccc(C(C)(C)C)cc5-c5c([2H])c([2H])c([2H])c([2H])c5[2H])c41)N32.[Pt]. The monoisotopic (exact) mass is 1020 g/mol. The fraction of sp³-hybridized carbons (Fsp3) is 0.214. The Bertz CT molecular complexity index is 3390. The molecular weight excluding hydrogens is 967 g/mol. The molecule has 322 valence electrons. The largest absolute Gasteiger partial charge is 0.507 e. The van der Waals surface area contributed by atoms with E-state index >= 15 is 0 Å². The van der Waals surface area contributed by atoms with Crippen LogP contribution in [0.25, 0.3) is 56.6 Å². The molecule has 5 aromatic carbocycles. The van der Waals surface area contributed by atoms with E-state index in [1.165, 1.54) is 0 Å². The number of fused-ring (bicyclic) bond motifs is 4. The Morgan fingerprint density at radius 2 is 1.48 bits per heavy atom. The summed E-state index contributed by atoms with van der Waals surface area (Å²) in [6.07, 6.45) is 7.38. The number of phenols is 1. The van der Waals surface area contributed by atoms with Crippen LogP contribution in [0.15, 0.2) is 151 Å². The van der Waals surface area contributed by atoms with E-state index in [4.69, 9.17) is 18.8 Å². The summed E-state index contributed by atoms with van der Waals surface area (Å²) >= 11 is 0. The molecule has 0 bridgehead atoms. The van der Waals surface area contributed by atoms with Crippen molar-refractivity contribution in [1.29, 1.82) is 0 Å². The number of allylic oxidation sites excluding steroid dienone is 3. The summed E-state index contributed by atoms with van der Waals surface area (Å²) in [5, 5.41) is 12.7. The first-order chi connectivity index (χ1) is 32.5. The number of hydrogen-bond acceptors (Lipinski definition) is 5. The molecule has 5 heterocycles. The van der Waals surface area contributed by atoms with E-state index in [1.54, 1.807) is 6.20 Å². The molecule has 0 saturated heterocycles. The number of benzene rings is 5. The molecule has 2 aromatic heterocycles. The van der Waals surface area contributed by atoms with E-state index in [0.29, 0.717) is 68.0 Å². The summed E-state index contributed by atoms with van der Waals surface area (Å²) in [5.41, 5.74) is 8.01. The van der Waals surface area contributed by atoms with Crippen LogP contribution in [0.5, 0.6) is 11.5 Å². The number of hydrogen-bond donors (Lipinski definition) is 1. The quantitative estimate of drug-likeness (QED) is 0.137. The van der Waals surface area contributed by atoms with Gasteiger partial charge in [0.25, 0.3) is 0 Å². The van der Waals surface area contributed by atoms with Crippen LogP contribution in [0, 0.1) is 6.07 Å². The van der Waals surface area contributed by atoms with Crippen molar-refractivity contribution >= 4 is 24.0 Å². The number of ether oxygens (including phenoxy) is 1. The molecule has 3 aliphatic heterocycles. The van der Waals surface area contributed by atoms with Crippen molar-refractivity contribution in [3.05, 3.63) is 180 Å². The van der Waals surface area contributed by atoms with Gasteiger partial charge < -0.3 is 19.6 Å². The molecule has 10 rings (SSSR count). The van der Waals surface area contributed by atoms with Gasteiger partial charge in [-0.3, -0.25) is 4.57 Å². The molecule has 7 aromatic rings. The van der Waals surface area contributed by atoms with E-state index in [1.807, 2.05) is 100 Å². The molecule has 6 nitrogen and oxygen atoms in total. The summed E-state index contributed by atoms with van der Waals surface area (Å²) in [6.45, 7) is 18.0. The van der Waals surface area contributed by atoms with Crippen LogP contribution in [0.4, 0.5) is 0 Å². The first kappa shape index (κ1) is 36.2. The average molecular weight is 1020 g/mol. The molecule has 8 heteroatoms. The molecule has 0 atom stereocenters. The first-order valence-electron chi connectivity index (χ1n) is 24.4. The number of nitrogens with zero attached hydrogens (tertiary/aromatic N) is 4. The summed E-state index contributed by atoms with van der Waals surface area (Å²) in [4.78, 5) is 12.3. The topological polar surface area (TPSA) is 63.4 Å². The second kappa shape index (κ2) is 15.8. The van der Waals surface area contributed by atoms with E-state index in [9.17, 15) is 9.22 Å². The van der Waals surface area contributed by atoms with Gasteiger partial charge in [0.2, 0.25) is 0 Å². The zero-order valence-corrected chi connectivity index (χ0v) is 39.7. The number of aromatic hydroxyl groups is 1. The van der Waals surface area contributed by atoms with Crippen LogP contribution in [0.1, 0.15) is 92.9 Å². The van der Waals surface area contributed by atoms with Crippen LogP contribution in [0.3, 0.4) is 0 Å². The molecule has 1 N–H and O–H groups in total. The van der Waals surface area contributed by atoms with Gasteiger partial charge in [-0.05, 0) is 92.2 Å². The van der Waals surface area contributed by atoms with E-state index in [0.717, 1.165) is 27.8 Å². The van der Waals surface area contributed by atoms with Gasteiger partial charge in [-0.2, -0.15) is 0 Å². The molecule has 0 spiro atoms. The van der Waals surface area contributed by atoms with Gasteiger partial charge in [0.1, 0.15) is 11.6 Å². The molecular formula is C56H52BN4O2Pt-. The molecule has 0 fully saturated rings. The molecule has 3 aliphatic rings. The van der Waals surface area contributed by atoms with Crippen molar-refractivity contribution < 1.29 is 39.1 Å². The fourth-order valence-electron chi connectivity index (χ4n) is 8.66. The van der Waals surface area contributed by atoms with Gasteiger partial charge in [-0.1, -0.05) is 153 Å². The summed E-state index contributed by atoms with van der Waals surface area (Å²) in [7, 11) is 0. The standard InChI is InChI=1S/C56H52BN4O2.Pt/c1-54(2,3)39-24-25-47(42(31-39)36-19-14-11-15-20-36)60-48-34-41-21-16-22-50-61(41)57(52(48)59-53(60)43-32-40(55(4,5)6)33-44(51(43)62)56(7,8)9)45-29-38(23-26-49(45)63-50)46-30-37(27-28-58-46)35-17-12-10-13-18-35;/h10-28,30-34,62H,1-9H3;/q-1;/i11D,14D,15D,19D,20D,34D;. The number of phenolic OH excluding ortho intramolecular Hbond substituents is 1. The smallest absolute Gasteiger partial charge is 0.338 e. The molecule has 0 radical (unpaired) electrons. The van der Waals surface area contributed by atoms with Gasteiger partial charge in [-0.15, -0.1) is 23.8 Å². The van der Waals surface area contributed by atoms with Gasteiger partial charge in [0.05, 0.1) is 30.8 Å². The second-order valence-corrected chi connectivity index (χ2v) is 19.6. The average Bonchev–Trinajstić information content (AvgIpc) is 3.71. The van der Waals surface area contributed by atoms with Crippen molar-refractivity contribution in [2.75, 3.05) is 0 Å². The third-order valence-corrected chi connectivity index (χ3v) is 12.1. The zero-order valence-electron chi connectivity index (χ0n) is 43.4. The number of rotatable bonds is 5. The minimum Gasteiger partial charge on any atom is -0.507 e. The van der Waals surface area contributed by atoms with E-state index in [2.05, 4.69) is 80.5 Å². The van der Waals surface area contributed by atoms with Gasteiger partial charge in [0.15, 0.2) is 5.88 Å². The Morgan fingerprint density at radius 3 is 2.20 bits per heavy atom. The Labute approximate surface area is 400 Å². The van der Waals surface area contributed by atoms with Crippen molar-refractivity contribution in [2.24, 2.45) is 0 Å². The zero-order chi connectivity index (χ0) is 49.2. The Hall–Kier alpha value is -6.17. The minimum absolute atomic E-state index is 0. The van der Waals surface area contributed by atoms with Crippen molar-refractivity contribution in [1.82, 2.24) is 19.3 Å². The normalized spacial score (nSPS) is 15.6. The predicted molar refractivity (Wildman–Crippen MR) is 259 cm³/mol. The van der Waals surface area contributed by atoms with Gasteiger partial charge in [0, 0.05) is 49.8 Å². The maximum atomic E-state index is 12.7. The van der Waals surface area contributed by atoms with E-state index < -0.39 is 35.8 Å². The van der Waals surface area contributed by atoms with Crippen molar-refractivity contribution in [2.45, 2.75) is 78.6 Å². The third-order valence-electron chi connectivity index (χ3n) is 12.1. The minimum atomic E-state index is -0.700. The van der Waals surface area contributed by atoms with Gasteiger partial charge >= 0.3 is 6.85 Å². The third kappa shape index (κ3) is 7.48. The number of imidazole rings is 1. The second-order valence-electron chi connectivity index (χ2n) is 19.6. The van der Waals surface area contributed by atoms with Crippen LogP contribution in [0.2, 0.25) is 0 Å². The molecule has 0 aliphatic carbocycles. The van der Waals surface area contributed by atoms with Crippen LogP contribution in [-0.4, -0.2) is 31.3 Å². The van der Waals surface area contributed by atoms with Gasteiger partial charge in [-0.25, -0.2) is 4.98 Å². The number of aromatic nitrogens is 3. The van der Waals surface area contributed by atoms with Crippen molar-refractivity contribution in [3.63, 3.8) is 0 Å². The molecule has 0 amide bonds. The van der Waals surface area contributed by atoms with Crippen LogP contribution in [-0.2, 0) is 37.3 Å². The van der Waals surface area contributed by atoms with Crippen LogP contribution >= 0.6 is 0 Å². The van der Waals surface area contributed by atoms with Crippen LogP contribution < -0.4 is 15.8 Å². The van der Waals surface area contributed by atoms with Crippen molar-refractivity contribution in [3.8, 4) is 62.1 Å². The maximum absolute atomic E-state index is 12.7. The molecule has 0 unspecified atom stereocenters. The Kier molecular flexibility index (Phi) is 8.95. The predicted octanol–water partition coefficient (Wildman–Crippen LogP) is 11.9. The Morgan fingerprint density at radius 1 is 0.750 bits per heavy atom. The fourth-order valence-corrected chi connectivity index (χ4v) is 8.66. The van der Waals surface area contributed by atoms with E-state index in [-0.39, 0.29) is 55.9 Å².